The standard InChI is InChI=1S/C10H10N2O3/c1-3-15-10(13)8-6-12-5-7(4-11)9(8)14-2/h5-6H,3H2,1-2H3. The molecule has 15 heavy (non-hydrogen) atoms. The van der Waals surface area contributed by atoms with Crippen molar-refractivity contribution >= 4 is 5.97 Å². The predicted molar refractivity (Wildman–Crippen MR) is 51.5 cm³/mol. The molecule has 0 aliphatic carbocycles. The Balaban J connectivity index is 3.18. The number of pyridine rings is 1. The van der Waals surface area contributed by atoms with E-state index in [0.717, 1.165) is 0 Å². The van der Waals surface area contributed by atoms with Gasteiger partial charge in [0.05, 0.1) is 13.7 Å². The van der Waals surface area contributed by atoms with E-state index in [4.69, 9.17) is 14.7 Å². The van der Waals surface area contributed by atoms with Crippen LogP contribution in [0.5, 0.6) is 5.75 Å². The Bertz CT molecular complexity index is 410. The summed E-state index contributed by atoms with van der Waals surface area (Å²) in [6.07, 6.45) is 2.65. The summed E-state index contributed by atoms with van der Waals surface area (Å²) in [6.45, 7) is 1.96. The van der Waals surface area contributed by atoms with Crippen LogP contribution in [0, 0.1) is 11.3 Å². The van der Waals surface area contributed by atoms with Gasteiger partial charge in [-0.05, 0) is 6.92 Å². The number of carbonyl (C=O) groups is 1. The second-order valence-corrected chi connectivity index (χ2v) is 2.60. The molecule has 1 aromatic rings. The van der Waals surface area contributed by atoms with E-state index in [1.165, 1.54) is 19.5 Å². The highest BCUT2D eigenvalue weighted by Crippen LogP contribution is 2.22. The molecule has 0 aromatic carbocycles. The lowest BCUT2D eigenvalue weighted by Gasteiger charge is -2.07. The van der Waals surface area contributed by atoms with Crippen molar-refractivity contribution in [2.75, 3.05) is 13.7 Å². The van der Waals surface area contributed by atoms with E-state index in [9.17, 15) is 4.79 Å². The summed E-state index contributed by atoms with van der Waals surface area (Å²) < 4.78 is 9.77. The molecule has 0 aliphatic rings. The minimum Gasteiger partial charge on any atom is -0.494 e. The highest BCUT2D eigenvalue weighted by Gasteiger charge is 2.17. The van der Waals surface area contributed by atoms with Crippen LogP contribution in [0.15, 0.2) is 12.4 Å². The Kier molecular flexibility index (Phi) is 3.63. The van der Waals surface area contributed by atoms with Crippen molar-refractivity contribution < 1.29 is 14.3 Å². The van der Waals surface area contributed by atoms with Gasteiger partial charge in [0.1, 0.15) is 17.2 Å². The number of hydrogen-bond donors (Lipinski definition) is 0. The summed E-state index contributed by atoms with van der Waals surface area (Å²) in [4.78, 5) is 15.2. The first-order chi connectivity index (χ1) is 7.24. The van der Waals surface area contributed by atoms with Crippen molar-refractivity contribution in [1.82, 2.24) is 4.98 Å². The molecule has 0 saturated carbocycles. The highest BCUT2D eigenvalue weighted by atomic mass is 16.5. The molecule has 0 bridgehead atoms. The van der Waals surface area contributed by atoms with Crippen LogP contribution in [0.4, 0.5) is 0 Å². The second kappa shape index (κ2) is 4.96. The SMILES string of the molecule is CCOC(=O)c1cncc(C#N)c1OC. The first kappa shape index (κ1) is 11.0. The number of hydrogen-bond acceptors (Lipinski definition) is 5. The summed E-state index contributed by atoms with van der Waals surface area (Å²) >= 11 is 0. The number of carbonyl (C=O) groups excluding carboxylic acids is 1. The third-order valence-electron chi connectivity index (χ3n) is 1.72. The highest BCUT2D eigenvalue weighted by molar-refractivity contribution is 5.93. The largest absolute Gasteiger partial charge is 0.494 e. The Morgan fingerprint density at radius 2 is 2.33 bits per heavy atom. The van der Waals surface area contributed by atoms with Crippen molar-refractivity contribution in [3.05, 3.63) is 23.5 Å². The van der Waals surface area contributed by atoms with Gasteiger partial charge in [0.15, 0.2) is 5.75 Å². The molecule has 5 nitrogen and oxygen atoms in total. The molecule has 0 aliphatic heterocycles. The smallest absolute Gasteiger partial charge is 0.343 e. The lowest BCUT2D eigenvalue weighted by atomic mass is 10.2. The van der Waals surface area contributed by atoms with Gasteiger partial charge < -0.3 is 9.47 Å². The Labute approximate surface area is 87.3 Å². The third kappa shape index (κ3) is 2.23. The van der Waals surface area contributed by atoms with Crippen molar-refractivity contribution in [3.63, 3.8) is 0 Å². The van der Waals surface area contributed by atoms with Gasteiger partial charge in [-0.3, -0.25) is 4.98 Å². The third-order valence-corrected chi connectivity index (χ3v) is 1.72. The minimum atomic E-state index is -0.543. The predicted octanol–water partition coefficient (Wildman–Crippen LogP) is 1.14. The molecule has 0 saturated heterocycles. The summed E-state index contributed by atoms with van der Waals surface area (Å²) in [6, 6.07) is 1.89. The van der Waals surface area contributed by atoms with Crippen LogP contribution in [-0.2, 0) is 4.74 Å². The second-order valence-electron chi connectivity index (χ2n) is 2.60. The molecule has 1 rings (SSSR count). The molecule has 1 heterocycles. The van der Waals surface area contributed by atoms with Crippen molar-refractivity contribution in [1.29, 1.82) is 5.26 Å². The molecule has 0 fully saturated rings. The molecule has 0 radical (unpaired) electrons. The van der Waals surface area contributed by atoms with Gasteiger partial charge in [-0.15, -0.1) is 0 Å². The Morgan fingerprint density at radius 3 is 2.87 bits per heavy atom. The quantitative estimate of drug-likeness (QED) is 0.693. The van der Waals surface area contributed by atoms with Crippen molar-refractivity contribution in [2.45, 2.75) is 6.92 Å². The monoisotopic (exact) mass is 206 g/mol. The van der Waals surface area contributed by atoms with Crippen molar-refractivity contribution in [2.24, 2.45) is 0 Å². The van der Waals surface area contributed by atoms with Gasteiger partial charge in [0, 0.05) is 12.4 Å². The van der Waals surface area contributed by atoms with E-state index >= 15 is 0 Å². The molecule has 5 heteroatoms. The number of nitriles is 1. The lowest BCUT2D eigenvalue weighted by molar-refractivity contribution is 0.0522. The summed E-state index contributed by atoms with van der Waals surface area (Å²) in [7, 11) is 1.39. The number of rotatable bonds is 3. The fourth-order valence-corrected chi connectivity index (χ4v) is 1.10. The fourth-order valence-electron chi connectivity index (χ4n) is 1.10. The zero-order valence-corrected chi connectivity index (χ0v) is 8.48. The van der Waals surface area contributed by atoms with Gasteiger partial charge in [0.2, 0.25) is 0 Å². The van der Waals surface area contributed by atoms with Crippen LogP contribution in [0.2, 0.25) is 0 Å². The minimum absolute atomic E-state index is 0.165. The van der Waals surface area contributed by atoms with Gasteiger partial charge >= 0.3 is 5.97 Å². The summed E-state index contributed by atoms with van der Waals surface area (Å²) in [5.41, 5.74) is 0.376. The molecular weight excluding hydrogens is 196 g/mol. The average molecular weight is 206 g/mol. The fraction of sp³-hybridized carbons (Fsp3) is 0.300. The van der Waals surface area contributed by atoms with Crippen LogP contribution >= 0.6 is 0 Å². The molecular formula is C10H10N2O3. The molecule has 0 N–H and O–H groups in total. The maximum absolute atomic E-state index is 11.4. The van der Waals surface area contributed by atoms with Crippen LogP contribution in [0.25, 0.3) is 0 Å². The van der Waals surface area contributed by atoms with Crippen LogP contribution in [0.1, 0.15) is 22.8 Å². The number of methoxy groups -OCH3 is 1. The van der Waals surface area contributed by atoms with E-state index in [-0.39, 0.29) is 23.5 Å². The normalized spacial score (nSPS) is 9.13. The van der Waals surface area contributed by atoms with Crippen LogP contribution in [-0.4, -0.2) is 24.7 Å². The van der Waals surface area contributed by atoms with Crippen LogP contribution < -0.4 is 4.74 Å². The molecule has 1 aromatic heterocycles. The average Bonchev–Trinajstić information content (AvgIpc) is 2.28. The number of nitrogens with zero attached hydrogens (tertiary/aromatic N) is 2. The van der Waals surface area contributed by atoms with Gasteiger partial charge in [0.25, 0.3) is 0 Å². The van der Waals surface area contributed by atoms with E-state index in [0.29, 0.717) is 0 Å². The van der Waals surface area contributed by atoms with E-state index in [2.05, 4.69) is 4.98 Å². The Hall–Kier alpha value is -2.09. The summed E-state index contributed by atoms with van der Waals surface area (Å²) in [5.74, 6) is -0.343. The van der Waals surface area contributed by atoms with Gasteiger partial charge in [-0.25, -0.2) is 4.79 Å². The maximum atomic E-state index is 11.4. The van der Waals surface area contributed by atoms with Crippen molar-refractivity contribution in [3.8, 4) is 11.8 Å². The maximum Gasteiger partial charge on any atom is 0.343 e. The number of aromatic nitrogens is 1. The molecule has 78 valence electrons. The first-order valence-electron chi connectivity index (χ1n) is 4.33. The van der Waals surface area contributed by atoms with Crippen LogP contribution in [0.3, 0.4) is 0 Å². The van der Waals surface area contributed by atoms with Gasteiger partial charge in [-0.1, -0.05) is 0 Å². The molecule has 0 atom stereocenters. The zero-order chi connectivity index (χ0) is 11.3. The van der Waals surface area contributed by atoms with E-state index in [1.807, 2.05) is 6.07 Å². The summed E-state index contributed by atoms with van der Waals surface area (Å²) in [5, 5.41) is 8.76. The molecule has 0 spiro atoms. The molecule has 0 unspecified atom stereocenters. The number of esters is 1. The first-order valence-corrected chi connectivity index (χ1v) is 4.33. The lowest BCUT2D eigenvalue weighted by Crippen LogP contribution is -2.08. The zero-order valence-electron chi connectivity index (χ0n) is 8.48. The topological polar surface area (TPSA) is 72.2 Å². The van der Waals surface area contributed by atoms with E-state index < -0.39 is 5.97 Å². The molecule has 0 amide bonds. The van der Waals surface area contributed by atoms with E-state index in [1.54, 1.807) is 6.92 Å². The van der Waals surface area contributed by atoms with Gasteiger partial charge in [-0.2, -0.15) is 5.26 Å². The Morgan fingerprint density at radius 1 is 1.60 bits per heavy atom. The number of ether oxygens (including phenoxy) is 2.